The second kappa shape index (κ2) is 7.84. The van der Waals surface area contributed by atoms with E-state index in [0.29, 0.717) is 0 Å². The molecule has 11 heteroatoms. The summed E-state index contributed by atoms with van der Waals surface area (Å²) in [6.45, 7) is -0.295. The van der Waals surface area contributed by atoms with Gasteiger partial charge in [0.25, 0.3) is 0 Å². The zero-order valence-electron chi connectivity index (χ0n) is 11.4. The van der Waals surface area contributed by atoms with Crippen LogP contribution in [0.2, 0.25) is 0 Å². The smallest absolute Gasteiger partial charge is 0.208 e. The Kier molecular flexibility index (Phi) is 6.69. The molecule has 3 unspecified atom stereocenters. The van der Waals surface area contributed by atoms with Gasteiger partial charge in [-0.05, 0) is 5.82 Å². The molecule has 1 aliphatic rings. The number of nitrogens with zero attached hydrogens (tertiary/aromatic N) is 4. The van der Waals surface area contributed by atoms with Crippen molar-refractivity contribution in [1.29, 1.82) is 0 Å². The number of alkyl halides is 1. The average molecular weight is 494 g/mol. The Hall–Kier alpha value is -1.26. The van der Waals surface area contributed by atoms with Crippen LogP contribution in [0.5, 0.6) is 0 Å². The fourth-order valence-corrected chi connectivity index (χ4v) is 2.14. The summed E-state index contributed by atoms with van der Waals surface area (Å²) < 4.78 is 33.5. The molecule has 3 atom stereocenters. The maximum Gasteiger partial charge on any atom is 0.208 e. The van der Waals surface area contributed by atoms with Crippen molar-refractivity contribution in [2.75, 3.05) is 13.7 Å². The topological polar surface area (TPSA) is 117 Å². The molecule has 0 amide bonds. The second-order valence-corrected chi connectivity index (χ2v) is 4.25. The minimum Gasteiger partial charge on any atom is -0.480 e. The fourth-order valence-electron chi connectivity index (χ4n) is 2.14. The monoisotopic (exact) mass is 495 g/mol. The van der Waals surface area contributed by atoms with Crippen LogP contribution in [0.3, 0.4) is 0 Å². The molecule has 3 rings (SSSR count). The number of hydrogen-bond donors (Lipinski definition) is 2. The number of rotatable bonds is 2. The number of halogens is 2. The van der Waals surface area contributed by atoms with Crippen LogP contribution in [0.25, 0.3) is 16.9 Å². The molecule has 3 heterocycles. The van der Waals surface area contributed by atoms with E-state index in [9.17, 15) is 8.78 Å². The van der Waals surface area contributed by atoms with E-state index in [1.807, 2.05) is 0 Å². The molecule has 0 spiro atoms. The zero-order chi connectivity index (χ0) is 15.6. The molecule has 0 bridgehead atoms. The largest absolute Gasteiger partial charge is 0.480 e. The van der Waals surface area contributed by atoms with Crippen LogP contribution in [0.15, 0.2) is 6.33 Å². The number of aromatic nitrogens is 4. The Morgan fingerprint density at radius 2 is 2.14 bits per heavy atom. The second-order valence-electron chi connectivity index (χ2n) is 4.25. The molecular formula is C11H14F2IrN5O3-. The molecule has 1 aliphatic heterocycles. The van der Waals surface area contributed by atoms with Crippen molar-refractivity contribution in [2.24, 2.45) is 0 Å². The van der Waals surface area contributed by atoms with Gasteiger partial charge >= 0.3 is 0 Å². The molecule has 0 saturated carbocycles. The van der Waals surface area contributed by atoms with E-state index in [1.165, 1.54) is 10.9 Å². The summed E-state index contributed by atoms with van der Waals surface area (Å²) in [6.07, 6.45) is -2.81. The first kappa shape index (κ1) is 18.8. The molecular weight excluding hydrogens is 480 g/mol. The van der Waals surface area contributed by atoms with Crippen LogP contribution in [0.4, 0.5) is 14.6 Å². The summed E-state index contributed by atoms with van der Waals surface area (Å²) in [5, 5.41) is 16.0. The van der Waals surface area contributed by atoms with Crippen molar-refractivity contribution in [3.8, 4) is 0 Å². The van der Waals surface area contributed by atoms with Gasteiger partial charge in [0.15, 0.2) is 11.9 Å². The van der Waals surface area contributed by atoms with Crippen LogP contribution in [-0.4, -0.2) is 55.7 Å². The first-order chi connectivity index (χ1) is 10.1. The van der Waals surface area contributed by atoms with Crippen molar-refractivity contribution in [3.05, 3.63) is 18.1 Å². The Bertz CT molecular complexity index is 629. The third kappa shape index (κ3) is 3.38. The Labute approximate surface area is 137 Å². The van der Waals surface area contributed by atoms with E-state index in [-0.39, 0.29) is 50.1 Å². The van der Waals surface area contributed by atoms with Gasteiger partial charge in [0.2, 0.25) is 6.08 Å². The summed E-state index contributed by atoms with van der Waals surface area (Å²) in [5.74, 6) is -0.367. The fraction of sp³-hybridized carbons (Fsp3) is 0.545. The molecule has 0 aromatic carbocycles. The van der Waals surface area contributed by atoms with Crippen molar-refractivity contribution >= 4 is 17.0 Å². The normalized spacial score (nSPS) is 23.8. The Morgan fingerprint density at radius 1 is 1.45 bits per heavy atom. The molecule has 22 heavy (non-hydrogen) atoms. The van der Waals surface area contributed by atoms with E-state index < -0.39 is 24.6 Å². The van der Waals surface area contributed by atoms with Gasteiger partial charge in [0.05, 0.1) is 19.0 Å². The van der Waals surface area contributed by atoms with E-state index in [0.717, 1.165) is 7.11 Å². The van der Waals surface area contributed by atoms with Crippen molar-refractivity contribution < 1.29 is 43.8 Å². The predicted molar refractivity (Wildman–Crippen MR) is 67.9 cm³/mol. The van der Waals surface area contributed by atoms with Crippen LogP contribution < -0.4 is 0 Å². The number of fused-ring (bicyclic) bond motifs is 1. The molecule has 2 aromatic rings. The molecule has 1 fully saturated rings. The van der Waals surface area contributed by atoms with Crippen molar-refractivity contribution in [1.82, 2.24) is 19.5 Å². The van der Waals surface area contributed by atoms with Crippen molar-refractivity contribution in [2.45, 2.75) is 24.9 Å². The summed E-state index contributed by atoms with van der Waals surface area (Å²) in [6, 6.07) is 0. The van der Waals surface area contributed by atoms with Crippen LogP contribution in [0, 0.1) is 6.08 Å². The first-order valence-corrected chi connectivity index (χ1v) is 6.07. The number of imidazole rings is 1. The van der Waals surface area contributed by atoms with Crippen LogP contribution in [0.1, 0.15) is 12.6 Å². The minimum absolute atomic E-state index is 0. The number of ether oxygens (including phenoxy) is 1. The molecule has 8 nitrogen and oxygen atoms in total. The van der Waals surface area contributed by atoms with Gasteiger partial charge in [-0.3, -0.25) is 4.57 Å². The van der Waals surface area contributed by atoms with Crippen LogP contribution in [-0.2, 0) is 24.8 Å². The summed E-state index contributed by atoms with van der Waals surface area (Å²) in [7, 11) is 1.00. The molecule has 1 radical (unpaired) electrons. The van der Waals surface area contributed by atoms with Gasteiger partial charge in [-0.2, -0.15) is 4.39 Å². The third-order valence-corrected chi connectivity index (χ3v) is 3.00. The summed E-state index contributed by atoms with van der Waals surface area (Å²) in [4.78, 5) is 10.6. The molecule has 2 aromatic heterocycles. The number of aliphatic hydroxyl groups excluding tert-OH is 2. The third-order valence-electron chi connectivity index (χ3n) is 3.00. The SMILES string of the molecule is CO.[Ir].[NH-]c1nc(F)nc2c1ncn2C1OC(CO)CC1F. The summed E-state index contributed by atoms with van der Waals surface area (Å²) in [5.41, 5.74) is 7.55. The predicted octanol–water partition coefficient (Wildman–Crippen LogP) is 0.873. The molecule has 1 saturated heterocycles. The standard InChI is InChI=1S/C10H10F2N5O2.CH4O.Ir/c11-5-1-4(2-18)19-9(5)17-3-14-6-7(13)15-10(12)16-8(6)17;1-2;/h3-5,9,18H,1-2H2,(H-,13,15,16);2H,1H3;/q-1;;. The van der Waals surface area contributed by atoms with Gasteiger partial charge in [0, 0.05) is 33.6 Å². The first-order valence-electron chi connectivity index (χ1n) is 6.07. The molecule has 125 valence electrons. The summed E-state index contributed by atoms with van der Waals surface area (Å²) >= 11 is 0. The maximum atomic E-state index is 13.8. The Morgan fingerprint density at radius 3 is 2.73 bits per heavy atom. The van der Waals surface area contributed by atoms with E-state index >= 15 is 0 Å². The maximum absolute atomic E-state index is 13.8. The quantitative estimate of drug-likeness (QED) is 0.599. The van der Waals surface area contributed by atoms with Crippen molar-refractivity contribution in [3.63, 3.8) is 0 Å². The van der Waals surface area contributed by atoms with E-state index in [2.05, 4.69) is 15.0 Å². The Balaban J connectivity index is 0.000000775. The minimum atomic E-state index is -1.36. The van der Waals surface area contributed by atoms with Gasteiger partial charge in [-0.15, -0.1) is 0 Å². The van der Waals surface area contributed by atoms with E-state index in [4.69, 9.17) is 20.7 Å². The van der Waals surface area contributed by atoms with E-state index in [1.54, 1.807) is 0 Å². The number of nitrogens with one attached hydrogen (secondary N) is 1. The number of hydrogen-bond acceptors (Lipinski definition) is 6. The van der Waals surface area contributed by atoms with Gasteiger partial charge in [-0.1, -0.05) is 0 Å². The number of aliphatic hydroxyl groups is 2. The van der Waals surface area contributed by atoms with Crippen LogP contribution >= 0.6 is 0 Å². The van der Waals surface area contributed by atoms with Gasteiger partial charge in [0.1, 0.15) is 11.7 Å². The average Bonchev–Trinajstić information content (AvgIpc) is 3.04. The van der Waals surface area contributed by atoms with Gasteiger partial charge in [-0.25, -0.2) is 14.4 Å². The van der Waals surface area contributed by atoms with Gasteiger partial charge < -0.3 is 25.7 Å². The molecule has 3 N–H and O–H groups in total. The molecule has 0 aliphatic carbocycles. The zero-order valence-corrected chi connectivity index (χ0v) is 13.8.